The second-order valence-electron chi connectivity index (χ2n) is 5.16. The molecule has 0 amide bonds. The predicted molar refractivity (Wildman–Crippen MR) is 79.2 cm³/mol. The lowest BCUT2D eigenvalue weighted by atomic mass is 9.96. The van der Waals surface area contributed by atoms with E-state index in [1.54, 1.807) is 0 Å². The number of esters is 1. The van der Waals surface area contributed by atoms with E-state index in [1.165, 1.54) is 11.3 Å². The van der Waals surface area contributed by atoms with Gasteiger partial charge in [0, 0.05) is 11.1 Å². The standard InChI is InChI=1S/C16H16O3S/c1-10-11-6-2-5-9-14(11)20-15(10)16(18)19-13-8-4-3-7-12(13)17/h2,5-6,9,13H,3-4,7-8H2,1H3/t13-/m0/s1. The van der Waals surface area contributed by atoms with Crippen LogP contribution in [0.15, 0.2) is 24.3 Å². The van der Waals surface area contributed by atoms with Gasteiger partial charge in [0.1, 0.15) is 4.88 Å². The summed E-state index contributed by atoms with van der Waals surface area (Å²) in [7, 11) is 0. The smallest absolute Gasteiger partial charge is 0.349 e. The van der Waals surface area contributed by atoms with Crippen LogP contribution in [0.1, 0.15) is 40.9 Å². The van der Waals surface area contributed by atoms with Crippen LogP contribution < -0.4 is 0 Å². The van der Waals surface area contributed by atoms with E-state index in [2.05, 4.69) is 0 Å². The SMILES string of the molecule is Cc1c(C(=O)O[C@H]2CCCCC2=O)sc2ccccc12. The van der Waals surface area contributed by atoms with E-state index < -0.39 is 6.10 Å². The van der Waals surface area contributed by atoms with Crippen LogP contribution in [0.2, 0.25) is 0 Å². The zero-order valence-electron chi connectivity index (χ0n) is 11.3. The van der Waals surface area contributed by atoms with Crippen LogP contribution in [0.4, 0.5) is 0 Å². The number of ketones is 1. The summed E-state index contributed by atoms with van der Waals surface area (Å²) in [6, 6.07) is 7.92. The first-order chi connectivity index (χ1) is 9.66. The fourth-order valence-electron chi connectivity index (χ4n) is 2.63. The Morgan fingerprint density at radius 3 is 2.85 bits per heavy atom. The second kappa shape index (κ2) is 5.37. The Morgan fingerprint density at radius 2 is 2.10 bits per heavy atom. The Labute approximate surface area is 121 Å². The van der Waals surface area contributed by atoms with Gasteiger partial charge in [-0.2, -0.15) is 0 Å². The molecule has 0 unspecified atom stereocenters. The molecule has 1 aliphatic rings. The van der Waals surface area contributed by atoms with Crippen LogP contribution in [-0.4, -0.2) is 17.9 Å². The summed E-state index contributed by atoms with van der Waals surface area (Å²) in [5.74, 6) is -0.299. The van der Waals surface area contributed by atoms with Gasteiger partial charge in [0.05, 0.1) is 0 Å². The van der Waals surface area contributed by atoms with Crippen molar-refractivity contribution in [1.82, 2.24) is 0 Å². The summed E-state index contributed by atoms with van der Waals surface area (Å²) < 4.78 is 6.50. The normalized spacial score (nSPS) is 19.2. The van der Waals surface area contributed by atoms with Crippen LogP contribution >= 0.6 is 11.3 Å². The number of hydrogen-bond acceptors (Lipinski definition) is 4. The van der Waals surface area contributed by atoms with Crippen LogP contribution in [0.25, 0.3) is 10.1 Å². The highest BCUT2D eigenvalue weighted by Gasteiger charge is 2.27. The summed E-state index contributed by atoms with van der Waals surface area (Å²) in [5.41, 5.74) is 0.943. The number of hydrogen-bond donors (Lipinski definition) is 0. The average molecular weight is 288 g/mol. The lowest BCUT2D eigenvalue weighted by molar-refractivity contribution is -0.129. The summed E-state index contributed by atoms with van der Waals surface area (Å²) in [4.78, 5) is 24.6. The maximum Gasteiger partial charge on any atom is 0.349 e. The second-order valence-corrected chi connectivity index (χ2v) is 6.21. The maximum atomic E-state index is 12.3. The molecule has 0 bridgehead atoms. The number of aryl methyl sites for hydroxylation is 1. The molecule has 0 radical (unpaired) electrons. The average Bonchev–Trinajstić information content (AvgIpc) is 2.79. The van der Waals surface area contributed by atoms with Crippen molar-refractivity contribution in [2.45, 2.75) is 38.7 Å². The van der Waals surface area contributed by atoms with Gasteiger partial charge >= 0.3 is 5.97 Å². The van der Waals surface area contributed by atoms with Crippen molar-refractivity contribution in [2.24, 2.45) is 0 Å². The number of benzene rings is 1. The summed E-state index contributed by atoms with van der Waals surface area (Å²) >= 11 is 1.44. The number of fused-ring (bicyclic) bond motifs is 1. The number of Topliss-reactive ketones (excluding diaryl/α,β-unsaturated/α-hetero) is 1. The maximum absolute atomic E-state index is 12.3. The Kier molecular flexibility index (Phi) is 3.57. The number of rotatable bonds is 2. The number of thiophene rings is 1. The van der Waals surface area contributed by atoms with Gasteiger partial charge in [-0.25, -0.2) is 4.79 Å². The minimum absolute atomic E-state index is 0.0587. The molecule has 20 heavy (non-hydrogen) atoms. The van der Waals surface area contributed by atoms with Crippen molar-refractivity contribution in [2.75, 3.05) is 0 Å². The first-order valence-electron chi connectivity index (χ1n) is 6.88. The molecule has 0 aliphatic heterocycles. The Hall–Kier alpha value is -1.68. The van der Waals surface area contributed by atoms with E-state index in [4.69, 9.17) is 4.74 Å². The molecule has 104 valence electrons. The van der Waals surface area contributed by atoms with E-state index in [-0.39, 0.29) is 11.8 Å². The van der Waals surface area contributed by atoms with Crippen molar-refractivity contribution in [3.05, 3.63) is 34.7 Å². The lowest BCUT2D eigenvalue weighted by Crippen LogP contribution is -2.30. The van der Waals surface area contributed by atoms with Gasteiger partial charge in [-0.3, -0.25) is 4.79 Å². The fourth-order valence-corrected chi connectivity index (χ4v) is 3.72. The highest BCUT2D eigenvalue weighted by Crippen LogP contribution is 2.31. The highest BCUT2D eigenvalue weighted by molar-refractivity contribution is 7.21. The minimum atomic E-state index is -0.541. The zero-order chi connectivity index (χ0) is 14.1. The van der Waals surface area contributed by atoms with E-state index in [1.807, 2.05) is 31.2 Å². The molecule has 1 atom stereocenters. The van der Waals surface area contributed by atoms with E-state index >= 15 is 0 Å². The molecular formula is C16H16O3S. The van der Waals surface area contributed by atoms with Crippen molar-refractivity contribution in [3.8, 4) is 0 Å². The zero-order valence-corrected chi connectivity index (χ0v) is 12.2. The molecule has 1 saturated carbocycles. The van der Waals surface area contributed by atoms with Crippen LogP contribution in [0, 0.1) is 6.92 Å². The van der Waals surface area contributed by atoms with E-state index in [0.29, 0.717) is 17.7 Å². The number of carbonyl (C=O) groups is 2. The van der Waals surface area contributed by atoms with Gasteiger partial charge in [-0.15, -0.1) is 11.3 Å². The predicted octanol–water partition coefficient (Wildman–Crippen LogP) is 3.88. The number of ether oxygens (including phenoxy) is 1. The molecule has 1 fully saturated rings. The largest absolute Gasteiger partial charge is 0.450 e. The topological polar surface area (TPSA) is 43.4 Å². The third kappa shape index (κ3) is 2.36. The fraction of sp³-hybridized carbons (Fsp3) is 0.375. The van der Waals surface area contributed by atoms with Crippen molar-refractivity contribution < 1.29 is 14.3 Å². The summed E-state index contributed by atoms with van der Waals surface area (Å²) in [5, 5.41) is 1.08. The summed E-state index contributed by atoms with van der Waals surface area (Å²) in [6.07, 6.45) is 2.52. The number of carbonyl (C=O) groups excluding carboxylic acids is 2. The summed E-state index contributed by atoms with van der Waals surface area (Å²) in [6.45, 7) is 1.93. The van der Waals surface area contributed by atoms with Crippen molar-refractivity contribution >= 4 is 33.2 Å². The Balaban J connectivity index is 1.85. The minimum Gasteiger partial charge on any atom is -0.450 e. The molecular weight excluding hydrogens is 272 g/mol. The van der Waals surface area contributed by atoms with Gasteiger partial charge in [0.2, 0.25) is 0 Å². The van der Waals surface area contributed by atoms with Gasteiger partial charge < -0.3 is 4.74 Å². The van der Waals surface area contributed by atoms with Crippen molar-refractivity contribution in [3.63, 3.8) is 0 Å². The van der Waals surface area contributed by atoms with Gasteiger partial charge in [-0.05, 0) is 43.2 Å². The Morgan fingerprint density at radius 1 is 1.30 bits per heavy atom. The lowest BCUT2D eigenvalue weighted by Gasteiger charge is -2.20. The van der Waals surface area contributed by atoms with Crippen LogP contribution in [-0.2, 0) is 9.53 Å². The molecule has 1 aromatic heterocycles. The first kappa shape index (κ1) is 13.3. The monoisotopic (exact) mass is 288 g/mol. The van der Waals surface area contributed by atoms with Gasteiger partial charge in [0.25, 0.3) is 0 Å². The molecule has 0 spiro atoms. The molecule has 0 N–H and O–H groups in total. The Bertz CT molecular complexity index is 671. The molecule has 2 aromatic rings. The van der Waals surface area contributed by atoms with Crippen LogP contribution in [0.5, 0.6) is 0 Å². The van der Waals surface area contributed by atoms with Crippen LogP contribution in [0.3, 0.4) is 0 Å². The van der Waals surface area contributed by atoms with Gasteiger partial charge in [-0.1, -0.05) is 18.2 Å². The molecule has 1 heterocycles. The molecule has 1 aliphatic carbocycles. The third-order valence-corrected chi connectivity index (χ3v) is 5.03. The quantitative estimate of drug-likeness (QED) is 0.788. The third-order valence-electron chi connectivity index (χ3n) is 3.78. The van der Waals surface area contributed by atoms with Crippen molar-refractivity contribution in [1.29, 1.82) is 0 Å². The first-order valence-corrected chi connectivity index (χ1v) is 7.70. The van der Waals surface area contributed by atoms with E-state index in [0.717, 1.165) is 28.5 Å². The molecule has 3 rings (SSSR count). The molecule has 0 saturated heterocycles. The highest BCUT2D eigenvalue weighted by atomic mass is 32.1. The molecule has 1 aromatic carbocycles. The van der Waals surface area contributed by atoms with E-state index in [9.17, 15) is 9.59 Å². The molecule has 4 heteroatoms. The molecule has 3 nitrogen and oxygen atoms in total. The van der Waals surface area contributed by atoms with Gasteiger partial charge in [0.15, 0.2) is 11.9 Å².